The molecule has 132 valence electrons. The van der Waals surface area contributed by atoms with Crippen molar-refractivity contribution >= 4 is 45.8 Å². The van der Waals surface area contributed by atoms with E-state index < -0.39 is 0 Å². The summed E-state index contributed by atoms with van der Waals surface area (Å²) < 4.78 is 0.927. The largest absolute Gasteiger partial charge is 0.342 e. The standard InChI is InChI=1S/C17H22BrN3O2.ClH/c1-17(10-19)5-6-20(11-17)16(23)12-7-15(22)21(9-12)14-4-2-3-13(18)8-14;/h2-4,8,12H,5-7,9-11,19H2,1H3;1H. The second-order valence-corrected chi connectivity index (χ2v) is 7.83. The fraction of sp³-hybridized carbons (Fsp3) is 0.529. The van der Waals surface area contributed by atoms with Crippen LogP contribution in [-0.4, -0.2) is 42.9 Å². The average molecular weight is 417 g/mol. The number of anilines is 1. The van der Waals surface area contributed by atoms with Crippen molar-refractivity contribution in [3.05, 3.63) is 28.7 Å². The number of amides is 2. The third kappa shape index (κ3) is 3.76. The molecule has 2 atom stereocenters. The maximum Gasteiger partial charge on any atom is 0.228 e. The first-order chi connectivity index (χ1) is 10.9. The lowest BCUT2D eigenvalue weighted by molar-refractivity contribution is -0.135. The summed E-state index contributed by atoms with van der Waals surface area (Å²) >= 11 is 3.42. The van der Waals surface area contributed by atoms with Crippen molar-refractivity contribution in [1.29, 1.82) is 0 Å². The van der Waals surface area contributed by atoms with Crippen LogP contribution in [0.2, 0.25) is 0 Å². The average Bonchev–Trinajstić information content (AvgIpc) is 3.11. The van der Waals surface area contributed by atoms with Crippen LogP contribution >= 0.6 is 28.3 Å². The van der Waals surface area contributed by atoms with Gasteiger partial charge in [-0.25, -0.2) is 0 Å². The molecule has 0 saturated carbocycles. The fourth-order valence-corrected chi connectivity index (χ4v) is 3.79. The monoisotopic (exact) mass is 415 g/mol. The van der Waals surface area contributed by atoms with E-state index in [1.165, 1.54) is 0 Å². The van der Waals surface area contributed by atoms with E-state index in [9.17, 15) is 9.59 Å². The molecule has 1 aromatic carbocycles. The number of hydrogen-bond acceptors (Lipinski definition) is 3. The number of halogens is 2. The molecule has 1 aromatic rings. The number of rotatable bonds is 3. The zero-order valence-electron chi connectivity index (χ0n) is 13.7. The number of likely N-dealkylation sites (tertiary alicyclic amines) is 1. The smallest absolute Gasteiger partial charge is 0.228 e. The molecule has 2 fully saturated rings. The molecule has 2 heterocycles. The van der Waals surface area contributed by atoms with Crippen molar-refractivity contribution in [3.8, 4) is 0 Å². The summed E-state index contributed by atoms with van der Waals surface area (Å²) in [6.07, 6.45) is 1.23. The molecular weight excluding hydrogens is 394 g/mol. The van der Waals surface area contributed by atoms with E-state index >= 15 is 0 Å². The first kappa shape index (κ1) is 19.2. The van der Waals surface area contributed by atoms with Gasteiger partial charge < -0.3 is 15.5 Å². The molecule has 0 radical (unpaired) electrons. The van der Waals surface area contributed by atoms with Crippen LogP contribution in [0.15, 0.2) is 28.7 Å². The Morgan fingerprint density at radius 1 is 1.46 bits per heavy atom. The van der Waals surface area contributed by atoms with Crippen molar-refractivity contribution in [1.82, 2.24) is 4.90 Å². The van der Waals surface area contributed by atoms with Gasteiger partial charge in [0.15, 0.2) is 0 Å². The summed E-state index contributed by atoms with van der Waals surface area (Å²) in [4.78, 5) is 28.7. The molecule has 24 heavy (non-hydrogen) atoms. The van der Waals surface area contributed by atoms with Gasteiger partial charge in [0, 0.05) is 36.2 Å². The van der Waals surface area contributed by atoms with E-state index in [1.54, 1.807) is 4.90 Å². The molecule has 0 spiro atoms. The van der Waals surface area contributed by atoms with Gasteiger partial charge in [-0.2, -0.15) is 0 Å². The first-order valence-corrected chi connectivity index (χ1v) is 8.76. The van der Waals surface area contributed by atoms with Crippen LogP contribution in [0.5, 0.6) is 0 Å². The molecule has 3 rings (SSSR count). The maximum atomic E-state index is 12.7. The third-order valence-corrected chi connectivity index (χ3v) is 5.45. The van der Waals surface area contributed by atoms with Crippen molar-refractivity contribution < 1.29 is 9.59 Å². The predicted octanol–water partition coefficient (Wildman–Crippen LogP) is 2.42. The summed E-state index contributed by atoms with van der Waals surface area (Å²) in [6.45, 7) is 4.61. The van der Waals surface area contributed by atoms with Crippen molar-refractivity contribution in [2.75, 3.05) is 31.1 Å². The highest BCUT2D eigenvalue weighted by Gasteiger charge is 2.41. The van der Waals surface area contributed by atoms with Gasteiger partial charge in [-0.3, -0.25) is 9.59 Å². The molecule has 7 heteroatoms. The maximum absolute atomic E-state index is 12.7. The Morgan fingerprint density at radius 3 is 2.83 bits per heavy atom. The van der Waals surface area contributed by atoms with Gasteiger partial charge in [0.2, 0.25) is 11.8 Å². The molecule has 0 aromatic heterocycles. The van der Waals surface area contributed by atoms with E-state index in [2.05, 4.69) is 22.9 Å². The third-order valence-electron chi connectivity index (χ3n) is 4.96. The quantitative estimate of drug-likeness (QED) is 0.823. The van der Waals surface area contributed by atoms with Crippen molar-refractivity contribution in [3.63, 3.8) is 0 Å². The Bertz CT molecular complexity index is 642. The minimum absolute atomic E-state index is 0. The Hall–Kier alpha value is -1.11. The summed E-state index contributed by atoms with van der Waals surface area (Å²) in [5.74, 6) is -0.142. The Labute approximate surface area is 157 Å². The van der Waals surface area contributed by atoms with Crippen molar-refractivity contribution in [2.24, 2.45) is 17.1 Å². The van der Waals surface area contributed by atoms with Crippen LogP contribution < -0.4 is 10.6 Å². The lowest BCUT2D eigenvalue weighted by Crippen LogP contribution is -2.38. The molecule has 2 aliphatic heterocycles. The minimum Gasteiger partial charge on any atom is -0.342 e. The Balaban J connectivity index is 0.00000208. The van der Waals surface area contributed by atoms with Crippen LogP contribution in [0.1, 0.15) is 19.8 Å². The summed E-state index contributed by atoms with van der Waals surface area (Å²) in [5, 5.41) is 0. The summed E-state index contributed by atoms with van der Waals surface area (Å²) in [6, 6.07) is 7.63. The second kappa shape index (κ2) is 7.42. The van der Waals surface area contributed by atoms with Crippen LogP contribution in [0.3, 0.4) is 0 Å². The molecular formula is C17H23BrClN3O2. The number of carbonyl (C=O) groups is 2. The van der Waals surface area contributed by atoms with Crippen LogP contribution in [0.25, 0.3) is 0 Å². The number of carbonyl (C=O) groups excluding carboxylic acids is 2. The van der Waals surface area contributed by atoms with E-state index in [4.69, 9.17) is 5.73 Å². The molecule has 2 saturated heterocycles. The molecule has 2 amide bonds. The van der Waals surface area contributed by atoms with Gasteiger partial charge >= 0.3 is 0 Å². The van der Waals surface area contributed by atoms with Crippen LogP contribution in [0, 0.1) is 11.3 Å². The van der Waals surface area contributed by atoms with Gasteiger partial charge in [-0.05, 0) is 36.6 Å². The molecule has 0 bridgehead atoms. The van der Waals surface area contributed by atoms with E-state index in [0.717, 1.165) is 23.1 Å². The van der Waals surface area contributed by atoms with E-state index in [0.29, 0.717) is 26.1 Å². The molecule has 0 aliphatic carbocycles. The normalized spacial score (nSPS) is 26.6. The van der Waals surface area contributed by atoms with E-state index in [1.807, 2.05) is 29.2 Å². The number of nitrogens with zero attached hydrogens (tertiary/aromatic N) is 2. The Kier molecular flexibility index (Phi) is 5.94. The Morgan fingerprint density at radius 2 is 2.21 bits per heavy atom. The highest BCUT2D eigenvalue weighted by Crippen LogP contribution is 2.32. The lowest BCUT2D eigenvalue weighted by Gasteiger charge is -2.24. The molecule has 2 N–H and O–H groups in total. The van der Waals surface area contributed by atoms with Crippen molar-refractivity contribution in [2.45, 2.75) is 19.8 Å². The van der Waals surface area contributed by atoms with Crippen LogP contribution in [0.4, 0.5) is 5.69 Å². The highest BCUT2D eigenvalue weighted by molar-refractivity contribution is 9.10. The molecule has 5 nitrogen and oxygen atoms in total. The van der Waals surface area contributed by atoms with Gasteiger partial charge in [-0.1, -0.05) is 28.9 Å². The zero-order chi connectivity index (χ0) is 16.6. The van der Waals surface area contributed by atoms with Gasteiger partial charge in [-0.15, -0.1) is 12.4 Å². The topological polar surface area (TPSA) is 66.6 Å². The van der Waals surface area contributed by atoms with Crippen LogP contribution in [-0.2, 0) is 9.59 Å². The molecule has 2 unspecified atom stereocenters. The lowest BCUT2D eigenvalue weighted by atomic mass is 9.90. The van der Waals surface area contributed by atoms with Gasteiger partial charge in [0.05, 0.1) is 5.92 Å². The number of hydrogen-bond donors (Lipinski definition) is 1. The van der Waals surface area contributed by atoms with E-state index in [-0.39, 0.29) is 35.6 Å². The number of nitrogens with two attached hydrogens (primary N) is 1. The minimum atomic E-state index is -0.249. The highest BCUT2D eigenvalue weighted by atomic mass is 79.9. The molecule has 2 aliphatic rings. The number of benzene rings is 1. The zero-order valence-corrected chi connectivity index (χ0v) is 16.1. The predicted molar refractivity (Wildman–Crippen MR) is 100 cm³/mol. The SMILES string of the molecule is CC1(CN)CCN(C(=O)C2CC(=O)N(c3cccc(Br)c3)C2)C1.Cl. The fourth-order valence-electron chi connectivity index (χ4n) is 3.40. The van der Waals surface area contributed by atoms with Gasteiger partial charge in [0.1, 0.15) is 0 Å². The first-order valence-electron chi connectivity index (χ1n) is 7.97. The van der Waals surface area contributed by atoms with Gasteiger partial charge in [0.25, 0.3) is 0 Å². The summed E-state index contributed by atoms with van der Waals surface area (Å²) in [7, 11) is 0. The summed E-state index contributed by atoms with van der Waals surface area (Å²) in [5.41, 5.74) is 6.67. The second-order valence-electron chi connectivity index (χ2n) is 6.91.